The van der Waals surface area contributed by atoms with Gasteiger partial charge in [-0.25, -0.2) is 9.97 Å². The van der Waals surface area contributed by atoms with Crippen LogP contribution in [-0.4, -0.2) is 77.2 Å². The molecule has 2 fully saturated rings. The number of amides is 1. The fourth-order valence-electron chi connectivity index (χ4n) is 3.15. The normalized spacial score (nSPS) is 21.0. The summed E-state index contributed by atoms with van der Waals surface area (Å²) in [7, 11) is 0. The van der Waals surface area contributed by atoms with Crippen LogP contribution in [0.4, 0.5) is 11.9 Å². The van der Waals surface area contributed by atoms with E-state index in [0.717, 1.165) is 39.3 Å². The van der Waals surface area contributed by atoms with Gasteiger partial charge in [-0.1, -0.05) is 6.92 Å². The molecule has 0 N–H and O–H groups in total. The first kappa shape index (κ1) is 16.9. The lowest BCUT2D eigenvalue weighted by molar-refractivity contribution is -0.131. The third-order valence-electron chi connectivity index (χ3n) is 4.47. The van der Waals surface area contributed by atoms with Crippen LogP contribution in [0.15, 0.2) is 6.33 Å². The zero-order valence-electron chi connectivity index (χ0n) is 14.7. The molecule has 0 atom stereocenters. The van der Waals surface area contributed by atoms with E-state index in [1.165, 1.54) is 0 Å². The topological polar surface area (TPSA) is 74.7 Å². The van der Waals surface area contributed by atoms with Gasteiger partial charge in [0.15, 0.2) is 0 Å². The van der Waals surface area contributed by atoms with Crippen molar-refractivity contribution >= 4 is 17.8 Å². The molecule has 2 saturated heterocycles. The molecule has 0 saturated carbocycles. The number of rotatable bonds is 3. The monoisotopic (exact) mass is 334 g/mol. The van der Waals surface area contributed by atoms with Crippen molar-refractivity contribution < 1.29 is 9.53 Å². The summed E-state index contributed by atoms with van der Waals surface area (Å²) in [5.41, 5.74) is -0.197. The van der Waals surface area contributed by atoms with Gasteiger partial charge in [-0.15, -0.1) is 0 Å². The number of aromatic nitrogens is 3. The molecule has 2 aliphatic rings. The van der Waals surface area contributed by atoms with Gasteiger partial charge in [-0.2, -0.15) is 4.98 Å². The third-order valence-corrected chi connectivity index (χ3v) is 4.47. The lowest BCUT2D eigenvalue weighted by Crippen LogP contribution is -2.50. The molecule has 0 radical (unpaired) electrons. The molecule has 0 spiro atoms. The molecule has 8 nitrogen and oxygen atoms in total. The summed E-state index contributed by atoms with van der Waals surface area (Å²) in [6.45, 7) is 11.2. The van der Waals surface area contributed by atoms with Crippen LogP contribution in [-0.2, 0) is 9.53 Å². The zero-order valence-corrected chi connectivity index (χ0v) is 14.7. The second-order valence-corrected chi connectivity index (χ2v) is 6.84. The van der Waals surface area contributed by atoms with Crippen LogP contribution in [0.3, 0.4) is 0 Å². The van der Waals surface area contributed by atoms with E-state index in [1.54, 1.807) is 6.33 Å². The Morgan fingerprint density at radius 3 is 2.42 bits per heavy atom. The number of piperazine rings is 1. The van der Waals surface area contributed by atoms with Gasteiger partial charge < -0.3 is 19.4 Å². The molecule has 132 valence electrons. The summed E-state index contributed by atoms with van der Waals surface area (Å²) in [6.07, 6.45) is 2.13. The molecule has 0 bridgehead atoms. The number of hydrogen-bond donors (Lipinski definition) is 0. The van der Waals surface area contributed by atoms with Crippen molar-refractivity contribution in [3.63, 3.8) is 0 Å². The summed E-state index contributed by atoms with van der Waals surface area (Å²) in [6, 6.07) is 0. The van der Waals surface area contributed by atoms with Crippen LogP contribution < -0.4 is 9.80 Å². The maximum atomic E-state index is 11.8. The van der Waals surface area contributed by atoms with E-state index in [-0.39, 0.29) is 11.5 Å². The minimum atomic E-state index is -0.197. The van der Waals surface area contributed by atoms with Gasteiger partial charge in [0.1, 0.15) is 6.33 Å². The minimum absolute atomic E-state index is 0.197. The van der Waals surface area contributed by atoms with Gasteiger partial charge in [-0.3, -0.25) is 4.79 Å². The smallest absolute Gasteiger partial charge is 0.230 e. The molecule has 8 heteroatoms. The standard InChI is InChI=1S/C16H26N6O2/c1-4-13(23)20-5-7-21(8-6-20)14-17-12-18-15(19-14)22-9-10-24-16(2,3)11-22/h12H,4-11H2,1-3H3. The van der Waals surface area contributed by atoms with E-state index >= 15 is 0 Å². The average molecular weight is 334 g/mol. The first-order chi connectivity index (χ1) is 11.5. The Bertz CT molecular complexity index is 586. The number of carbonyl (C=O) groups excluding carboxylic acids is 1. The second kappa shape index (κ2) is 6.88. The molecular weight excluding hydrogens is 308 g/mol. The van der Waals surface area contributed by atoms with E-state index in [2.05, 4.69) is 38.6 Å². The molecule has 0 aromatic carbocycles. The fraction of sp³-hybridized carbons (Fsp3) is 0.750. The Hall–Kier alpha value is -1.96. The highest BCUT2D eigenvalue weighted by Crippen LogP contribution is 2.21. The summed E-state index contributed by atoms with van der Waals surface area (Å²) >= 11 is 0. The maximum absolute atomic E-state index is 11.8. The second-order valence-electron chi connectivity index (χ2n) is 6.84. The lowest BCUT2D eigenvalue weighted by atomic mass is 10.1. The van der Waals surface area contributed by atoms with E-state index < -0.39 is 0 Å². The Kier molecular flexibility index (Phi) is 4.84. The fourth-order valence-corrected chi connectivity index (χ4v) is 3.15. The summed E-state index contributed by atoms with van der Waals surface area (Å²) < 4.78 is 5.75. The Labute approximate surface area is 142 Å². The Morgan fingerprint density at radius 2 is 1.79 bits per heavy atom. The van der Waals surface area contributed by atoms with Crippen molar-refractivity contribution in [1.82, 2.24) is 19.9 Å². The lowest BCUT2D eigenvalue weighted by Gasteiger charge is -2.38. The van der Waals surface area contributed by atoms with Crippen molar-refractivity contribution in [3.05, 3.63) is 6.33 Å². The van der Waals surface area contributed by atoms with Crippen LogP contribution in [0.25, 0.3) is 0 Å². The summed E-state index contributed by atoms with van der Waals surface area (Å²) in [5, 5.41) is 0. The van der Waals surface area contributed by atoms with E-state index in [9.17, 15) is 4.79 Å². The highest BCUT2D eigenvalue weighted by atomic mass is 16.5. The molecule has 0 unspecified atom stereocenters. The largest absolute Gasteiger partial charge is 0.372 e. The first-order valence-corrected chi connectivity index (χ1v) is 8.59. The molecule has 3 heterocycles. The summed E-state index contributed by atoms with van der Waals surface area (Å²) in [4.78, 5) is 31.3. The quantitative estimate of drug-likeness (QED) is 0.799. The molecule has 24 heavy (non-hydrogen) atoms. The van der Waals surface area contributed by atoms with E-state index in [4.69, 9.17) is 4.74 Å². The SMILES string of the molecule is CCC(=O)N1CCN(c2ncnc(N3CCOC(C)(C)C3)n2)CC1. The molecule has 1 aromatic heterocycles. The average Bonchev–Trinajstić information content (AvgIpc) is 2.60. The number of anilines is 2. The molecule has 0 aliphatic carbocycles. The zero-order chi connectivity index (χ0) is 17.2. The van der Waals surface area contributed by atoms with E-state index in [1.807, 2.05) is 11.8 Å². The molecular formula is C16H26N6O2. The van der Waals surface area contributed by atoms with E-state index in [0.29, 0.717) is 24.9 Å². The van der Waals surface area contributed by atoms with Gasteiger partial charge >= 0.3 is 0 Å². The third kappa shape index (κ3) is 3.75. The predicted molar refractivity (Wildman–Crippen MR) is 91.2 cm³/mol. The van der Waals surface area contributed by atoms with Crippen molar-refractivity contribution in [2.75, 3.05) is 55.7 Å². The summed E-state index contributed by atoms with van der Waals surface area (Å²) in [5.74, 6) is 1.60. The molecule has 1 amide bonds. The van der Waals surface area contributed by atoms with Crippen LogP contribution in [0.2, 0.25) is 0 Å². The molecule has 1 aromatic rings. The number of nitrogens with zero attached hydrogens (tertiary/aromatic N) is 6. The molecule has 2 aliphatic heterocycles. The van der Waals surface area contributed by atoms with Gasteiger partial charge in [0.05, 0.1) is 12.2 Å². The van der Waals surface area contributed by atoms with Crippen LogP contribution >= 0.6 is 0 Å². The number of ether oxygens (including phenoxy) is 1. The van der Waals surface area contributed by atoms with Crippen LogP contribution in [0.5, 0.6) is 0 Å². The van der Waals surface area contributed by atoms with Crippen molar-refractivity contribution in [2.45, 2.75) is 32.8 Å². The van der Waals surface area contributed by atoms with Crippen molar-refractivity contribution in [1.29, 1.82) is 0 Å². The van der Waals surface area contributed by atoms with Crippen LogP contribution in [0.1, 0.15) is 27.2 Å². The highest BCUT2D eigenvalue weighted by molar-refractivity contribution is 5.76. The minimum Gasteiger partial charge on any atom is -0.372 e. The Morgan fingerprint density at radius 1 is 1.12 bits per heavy atom. The maximum Gasteiger partial charge on any atom is 0.230 e. The molecule has 3 rings (SSSR count). The van der Waals surface area contributed by atoms with Crippen LogP contribution in [0, 0.1) is 0 Å². The number of hydrogen-bond acceptors (Lipinski definition) is 7. The van der Waals surface area contributed by atoms with Gasteiger partial charge in [0, 0.05) is 45.7 Å². The number of morpholine rings is 1. The highest BCUT2D eigenvalue weighted by Gasteiger charge is 2.29. The van der Waals surface area contributed by atoms with Crippen molar-refractivity contribution in [2.24, 2.45) is 0 Å². The first-order valence-electron chi connectivity index (χ1n) is 8.59. The number of carbonyl (C=O) groups is 1. The van der Waals surface area contributed by atoms with Gasteiger partial charge in [0.25, 0.3) is 0 Å². The van der Waals surface area contributed by atoms with Gasteiger partial charge in [0.2, 0.25) is 17.8 Å². The predicted octanol–water partition coefficient (Wildman–Crippen LogP) is 0.545. The Balaban J connectivity index is 1.67. The van der Waals surface area contributed by atoms with Crippen molar-refractivity contribution in [3.8, 4) is 0 Å². The van der Waals surface area contributed by atoms with Gasteiger partial charge in [-0.05, 0) is 13.8 Å².